The summed E-state index contributed by atoms with van der Waals surface area (Å²) >= 11 is 0. The van der Waals surface area contributed by atoms with Crippen LogP contribution in [0.2, 0.25) is 0 Å². The first-order valence-electron chi connectivity index (χ1n) is 9.66. The normalized spacial score (nSPS) is 20.5. The van der Waals surface area contributed by atoms with Crippen molar-refractivity contribution in [1.29, 1.82) is 0 Å². The molecule has 0 unspecified atom stereocenters. The molecule has 10 heteroatoms. The van der Waals surface area contributed by atoms with E-state index < -0.39 is 39.1 Å². The first-order chi connectivity index (χ1) is 14.4. The lowest BCUT2D eigenvalue weighted by atomic mass is 9.94. The maximum atomic E-state index is 14.3. The minimum absolute atomic E-state index is 0.0179. The molecule has 5 nitrogen and oxygen atoms in total. The van der Waals surface area contributed by atoms with E-state index >= 15 is 0 Å². The summed E-state index contributed by atoms with van der Waals surface area (Å²) in [6, 6.07) is 6.59. The van der Waals surface area contributed by atoms with Gasteiger partial charge in [-0.2, -0.15) is 17.5 Å². The first kappa shape index (κ1) is 23.2. The molecule has 0 spiro atoms. The zero-order valence-electron chi connectivity index (χ0n) is 16.9. The summed E-state index contributed by atoms with van der Waals surface area (Å²) in [7, 11) is -3.93. The molecule has 0 aliphatic carbocycles. The highest BCUT2D eigenvalue weighted by molar-refractivity contribution is 7.89. The average Bonchev–Trinajstić information content (AvgIpc) is 2.67. The number of nitrogens with one attached hydrogen (secondary N) is 1. The van der Waals surface area contributed by atoms with E-state index in [2.05, 4.69) is 5.32 Å². The third kappa shape index (κ3) is 5.24. The molecule has 2 aromatic rings. The first-order valence-corrected chi connectivity index (χ1v) is 11.1. The molecular weight excluding hydrogens is 436 g/mol. The molecule has 1 saturated heterocycles. The Labute approximate surface area is 178 Å². The Hall–Kier alpha value is -2.46. The number of benzene rings is 2. The Balaban J connectivity index is 1.84. The number of sulfonamides is 1. The fourth-order valence-electron chi connectivity index (χ4n) is 3.73. The van der Waals surface area contributed by atoms with E-state index in [1.54, 1.807) is 0 Å². The number of alkyl halides is 3. The largest absolute Gasteiger partial charge is 0.416 e. The maximum absolute atomic E-state index is 14.3. The van der Waals surface area contributed by atoms with Crippen LogP contribution >= 0.6 is 0 Å². The van der Waals surface area contributed by atoms with Crippen LogP contribution in [0.3, 0.4) is 0 Å². The molecule has 1 heterocycles. The van der Waals surface area contributed by atoms with E-state index in [4.69, 9.17) is 0 Å². The molecule has 1 fully saturated rings. The van der Waals surface area contributed by atoms with Gasteiger partial charge >= 0.3 is 6.18 Å². The molecule has 31 heavy (non-hydrogen) atoms. The predicted octanol–water partition coefficient (Wildman–Crippen LogP) is 4.76. The van der Waals surface area contributed by atoms with Crippen LogP contribution in [-0.2, 0) is 16.2 Å². The smallest absolute Gasteiger partial charge is 0.322 e. The monoisotopic (exact) mass is 458 g/mol. The Morgan fingerprint density at radius 3 is 2.16 bits per heavy atom. The van der Waals surface area contributed by atoms with Crippen LogP contribution in [0, 0.1) is 17.7 Å². The minimum Gasteiger partial charge on any atom is -0.322 e. The van der Waals surface area contributed by atoms with Crippen molar-refractivity contribution >= 4 is 21.6 Å². The van der Waals surface area contributed by atoms with Crippen LogP contribution in [0.5, 0.6) is 0 Å². The van der Waals surface area contributed by atoms with E-state index in [0.29, 0.717) is 13.1 Å². The summed E-state index contributed by atoms with van der Waals surface area (Å²) < 4.78 is 79.6. The number of rotatable bonds is 4. The van der Waals surface area contributed by atoms with Gasteiger partial charge in [-0.3, -0.25) is 4.79 Å². The Morgan fingerprint density at radius 2 is 1.61 bits per heavy atom. The summed E-state index contributed by atoms with van der Waals surface area (Å²) in [5, 5.41) is 2.30. The van der Waals surface area contributed by atoms with Gasteiger partial charge in [0.2, 0.25) is 10.0 Å². The number of hydrogen-bond donors (Lipinski definition) is 1. The second-order valence-electron chi connectivity index (χ2n) is 7.94. The molecule has 1 amide bonds. The van der Waals surface area contributed by atoms with E-state index in [1.807, 2.05) is 13.8 Å². The van der Waals surface area contributed by atoms with Gasteiger partial charge in [0.25, 0.3) is 5.91 Å². The average molecular weight is 458 g/mol. The fourth-order valence-corrected chi connectivity index (χ4v) is 5.44. The number of piperidine rings is 1. The minimum atomic E-state index is -4.53. The van der Waals surface area contributed by atoms with Crippen LogP contribution < -0.4 is 5.32 Å². The van der Waals surface area contributed by atoms with Crippen molar-refractivity contribution in [2.24, 2.45) is 11.8 Å². The summed E-state index contributed by atoms with van der Waals surface area (Å²) in [6.07, 6.45) is -3.63. The van der Waals surface area contributed by atoms with E-state index in [9.17, 15) is 30.8 Å². The molecule has 1 aliphatic rings. The molecule has 0 bridgehead atoms. The van der Waals surface area contributed by atoms with Crippen molar-refractivity contribution in [3.8, 4) is 0 Å². The van der Waals surface area contributed by atoms with Gasteiger partial charge in [-0.15, -0.1) is 0 Å². The summed E-state index contributed by atoms with van der Waals surface area (Å²) in [4.78, 5) is 12.3. The van der Waals surface area contributed by atoms with Crippen molar-refractivity contribution in [1.82, 2.24) is 4.31 Å². The highest BCUT2D eigenvalue weighted by Gasteiger charge is 2.33. The lowest BCUT2D eigenvalue weighted by Crippen LogP contribution is -2.42. The number of anilines is 1. The Kier molecular flexibility index (Phi) is 6.43. The molecule has 3 rings (SSSR count). The second kappa shape index (κ2) is 8.58. The van der Waals surface area contributed by atoms with Gasteiger partial charge in [0, 0.05) is 18.8 Å². The quantitative estimate of drug-likeness (QED) is 0.672. The van der Waals surface area contributed by atoms with Gasteiger partial charge in [-0.05, 0) is 60.7 Å². The molecule has 1 N–H and O–H groups in total. The highest BCUT2D eigenvalue weighted by Crippen LogP contribution is 2.30. The molecule has 2 aromatic carbocycles. The Morgan fingerprint density at radius 1 is 1.03 bits per heavy atom. The molecule has 2 atom stereocenters. The summed E-state index contributed by atoms with van der Waals surface area (Å²) in [5.74, 6) is -1.57. The van der Waals surface area contributed by atoms with Gasteiger partial charge in [0.15, 0.2) is 0 Å². The maximum Gasteiger partial charge on any atom is 0.416 e. The summed E-state index contributed by atoms with van der Waals surface area (Å²) in [6.45, 7) is 4.56. The van der Waals surface area contributed by atoms with E-state index in [1.165, 1.54) is 4.31 Å². The van der Waals surface area contributed by atoms with Gasteiger partial charge in [-0.1, -0.05) is 13.8 Å². The van der Waals surface area contributed by atoms with Crippen molar-refractivity contribution in [2.75, 3.05) is 18.4 Å². The number of halogens is 4. The topological polar surface area (TPSA) is 66.5 Å². The van der Waals surface area contributed by atoms with Gasteiger partial charge in [-0.25, -0.2) is 12.8 Å². The van der Waals surface area contributed by atoms with Crippen LogP contribution in [0.15, 0.2) is 47.4 Å². The van der Waals surface area contributed by atoms with E-state index in [0.717, 1.165) is 48.9 Å². The van der Waals surface area contributed by atoms with E-state index in [-0.39, 0.29) is 22.4 Å². The lowest BCUT2D eigenvalue weighted by Gasteiger charge is -2.34. The zero-order valence-corrected chi connectivity index (χ0v) is 17.7. The molecule has 168 valence electrons. The number of nitrogens with zero attached hydrogens (tertiary/aromatic N) is 1. The lowest BCUT2D eigenvalue weighted by molar-refractivity contribution is -0.137. The second-order valence-corrected chi connectivity index (χ2v) is 9.88. The van der Waals surface area contributed by atoms with Crippen LogP contribution in [0.4, 0.5) is 23.2 Å². The molecule has 1 aliphatic heterocycles. The fraction of sp³-hybridized carbons (Fsp3) is 0.381. The standard InChI is InChI=1S/C21H22F4N2O3S/c1-13-9-14(2)12-27(11-13)31(29,30)17-7-8-19(22)18(10-17)20(28)26-16-5-3-15(4-6-16)21(23,24)25/h3-8,10,13-14H,9,11-12H2,1-2H3,(H,26,28)/t13-,14-/m1/s1. The van der Waals surface area contributed by atoms with Crippen molar-refractivity contribution in [3.63, 3.8) is 0 Å². The zero-order chi connectivity index (χ0) is 23.0. The number of carbonyl (C=O) groups excluding carboxylic acids is 1. The van der Waals surface area contributed by atoms with Crippen molar-refractivity contribution in [2.45, 2.75) is 31.3 Å². The van der Waals surface area contributed by atoms with Gasteiger partial charge < -0.3 is 5.32 Å². The van der Waals surface area contributed by atoms with Crippen LogP contribution in [0.1, 0.15) is 36.2 Å². The Bertz CT molecular complexity index is 1060. The number of amides is 1. The van der Waals surface area contributed by atoms with Crippen LogP contribution in [-0.4, -0.2) is 31.7 Å². The molecule has 0 radical (unpaired) electrons. The van der Waals surface area contributed by atoms with Gasteiger partial charge in [0.05, 0.1) is 16.0 Å². The van der Waals surface area contributed by atoms with Crippen molar-refractivity contribution in [3.05, 3.63) is 59.4 Å². The number of hydrogen-bond acceptors (Lipinski definition) is 3. The molecule has 0 aromatic heterocycles. The SMILES string of the molecule is C[C@@H]1C[C@@H](C)CN(S(=O)(=O)c2ccc(F)c(C(=O)Nc3ccc(C(F)(F)F)cc3)c2)C1. The predicted molar refractivity (Wildman–Crippen MR) is 108 cm³/mol. The third-order valence-electron chi connectivity index (χ3n) is 5.13. The summed E-state index contributed by atoms with van der Waals surface area (Å²) in [5.41, 5.74) is -1.39. The van der Waals surface area contributed by atoms with Gasteiger partial charge in [0.1, 0.15) is 5.82 Å². The van der Waals surface area contributed by atoms with Crippen LogP contribution in [0.25, 0.3) is 0 Å². The van der Waals surface area contributed by atoms with Crippen molar-refractivity contribution < 1.29 is 30.8 Å². The highest BCUT2D eigenvalue weighted by atomic mass is 32.2. The third-order valence-corrected chi connectivity index (χ3v) is 6.95. The molecule has 0 saturated carbocycles. The molecular formula is C21H22F4N2O3S. The number of carbonyl (C=O) groups is 1.